The number of carboxylic acids is 1. The number of nitrogens with zero attached hydrogens (tertiary/aromatic N) is 5. The van der Waals surface area contributed by atoms with Crippen LogP contribution < -0.4 is 25.4 Å². The van der Waals surface area contributed by atoms with Gasteiger partial charge in [0.1, 0.15) is 47.5 Å². The third-order valence-corrected chi connectivity index (χ3v) is 14.4. The standard InChI is InChI=1S/C44H62N8O10S2/c1-27(2)45-42-48-35(26-63-42)34-23-37(30-18-17-28(60-7)21-33(30)46-34)61-29-22-36-39(53)47-32(41(55)56)16-14-12-10-8-9-11-13-15-31(40(54)52(36)24-29)49-43(57)62-38(44(3,4)5)25-51-20-19-50(6)64(51,58)59/h10,12,17-18,21,23,26-27,29,31-32,36,38H,8-9,11,13-16,19-20,22,24-25H2,1-7H3,(H,45,48)(H,47,53)(H,49,57)(H,55,56)/b12-10-/t29-,31+,32+,36+,38-/m1/s1. The number of alkyl carbamates (subject to hydrolysis) is 1. The quantitative estimate of drug-likeness (QED) is 0.177. The predicted octanol–water partition coefficient (Wildman–Crippen LogP) is 5.41. The minimum Gasteiger partial charge on any atom is -0.497 e. The maximum Gasteiger partial charge on any atom is 0.408 e. The second kappa shape index (κ2) is 20.8. The highest BCUT2D eigenvalue weighted by molar-refractivity contribution is 7.87. The molecule has 3 aliphatic rings. The summed E-state index contributed by atoms with van der Waals surface area (Å²) in [6.07, 6.45) is 5.04. The number of amides is 3. The van der Waals surface area contributed by atoms with Crippen LogP contribution in [-0.2, 0) is 29.3 Å². The van der Waals surface area contributed by atoms with E-state index in [9.17, 15) is 32.7 Å². The molecule has 3 amide bonds. The van der Waals surface area contributed by atoms with Gasteiger partial charge >= 0.3 is 12.1 Å². The number of anilines is 1. The highest BCUT2D eigenvalue weighted by Gasteiger charge is 2.45. The summed E-state index contributed by atoms with van der Waals surface area (Å²) >= 11 is 1.44. The number of aromatic nitrogens is 2. The zero-order valence-corrected chi connectivity index (χ0v) is 39.3. The maximum atomic E-state index is 14.9. The van der Waals surface area contributed by atoms with Crippen molar-refractivity contribution in [1.82, 2.24) is 34.1 Å². The smallest absolute Gasteiger partial charge is 0.408 e. The molecule has 1 aromatic carbocycles. The molecule has 4 N–H and O–H groups in total. The molecule has 0 saturated carbocycles. The largest absolute Gasteiger partial charge is 0.497 e. The number of fused-ring (bicyclic) bond motifs is 2. The molecule has 5 heterocycles. The molecule has 0 spiro atoms. The first kappa shape index (κ1) is 48.4. The molecule has 0 unspecified atom stereocenters. The van der Waals surface area contributed by atoms with Crippen molar-refractivity contribution >= 4 is 61.5 Å². The van der Waals surface area contributed by atoms with Gasteiger partial charge in [0, 0.05) is 60.9 Å². The molecule has 6 rings (SSSR count). The molecular formula is C44H62N8O10S2. The summed E-state index contributed by atoms with van der Waals surface area (Å²) in [4.78, 5) is 66.3. The summed E-state index contributed by atoms with van der Waals surface area (Å²) in [7, 11) is -0.669. The van der Waals surface area contributed by atoms with Crippen molar-refractivity contribution in [2.24, 2.45) is 5.41 Å². The number of methoxy groups -OCH3 is 1. The van der Waals surface area contributed by atoms with Gasteiger partial charge in [0.25, 0.3) is 10.2 Å². The monoisotopic (exact) mass is 926 g/mol. The lowest BCUT2D eigenvalue weighted by atomic mass is 9.89. The summed E-state index contributed by atoms with van der Waals surface area (Å²) in [6.45, 7) is 9.95. The summed E-state index contributed by atoms with van der Waals surface area (Å²) < 4.78 is 46.6. The van der Waals surface area contributed by atoms with E-state index in [4.69, 9.17) is 24.2 Å². The molecule has 64 heavy (non-hydrogen) atoms. The van der Waals surface area contributed by atoms with Crippen LogP contribution in [0.1, 0.15) is 86.0 Å². The number of carboxylic acid groups (broad SMARTS) is 1. The number of ether oxygens (including phenoxy) is 3. The lowest BCUT2D eigenvalue weighted by Gasteiger charge is -2.34. The van der Waals surface area contributed by atoms with Gasteiger partial charge in [-0.15, -0.1) is 11.3 Å². The Morgan fingerprint density at radius 2 is 1.80 bits per heavy atom. The topological polar surface area (TPSA) is 222 Å². The number of benzene rings is 1. The zero-order chi connectivity index (χ0) is 46.3. The molecular weight excluding hydrogens is 865 g/mol. The second-order valence-corrected chi connectivity index (χ2v) is 20.8. The Balaban J connectivity index is 1.31. The minimum absolute atomic E-state index is 0.0142. The van der Waals surface area contributed by atoms with Crippen LogP contribution in [0.25, 0.3) is 22.3 Å². The lowest BCUT2D eigenvalue weighted by Crippen LogP contribution is -2.56. The van der Waals surface area contributed by atoms with Crippen LogP contribution in [0, 0.1) is 5.41 Å². The van der Waals surface area contributed by atoms with Gasteiger partial charge < -0.3 is 40.2 Å². The van der Waals surface area contributed by atoms with E-state index in [1.165, 1.54) is 31.9 Å². The Morgan fingerprint density at radius 3 is 2.48 bits per heavy atom. The maximum absolute atomic E-state index is 14.9. The van der Waals surface area contributed by atoms with Gasteiger partial charge in [-0.25, -0.2) is 19.6 Å². The molecule has 2 fully saturated rings. The molecule has 0 aliphatic carbocycles. The summed E-state index contributed by atoms with van der Waals surface area (Å²) in [5, 5.41) is 22.2. The van der Waals surface area contributed by atoms with Crippen molar-refractivity contribution in [2.45, 2.75) is 122 Å². The normalized spacial score (nSPS) is 23.9. The van der Waals surface area contributed by atoms with E-state index in [1.807, 2.05) is 58.2 Å². The van der Waals surface area contributed by atoms with Crippen molar-refractivity contribution in [2.75, 3.05) is 45.7 Å². The number of allylic oxidation sites excluding steroid dienone is 2. The summed E-state index contributed by atoms with van der Waals surface area (Å²) in [5.41, 5.74) is 1.04. The molecule has 5 atom stereocenters. The zero-order valence-electron chi connectivity index (χ0n) is 37.7. The first-order valence-corrected chi connectivity index (χ1v) is 24.2. The Bertz CT molecular complexity index is 2300. The molecule has 3 aromatic rings. The minimum atomic E-state index is -3.73. The van der Waals surface area contributed by atoms with Crippen molar-refractivity contribution < 1.29 is 46.9 Å². The number of hydrogen-bond acceptors (Lipinski definition) is 13. The van der Waals surface area contributed by atoms with Crippen LogP contribution in [0.2, 0.25) is 0 Å². The van der Waals surface area contributed by atoms with Crippen molar-refractivity contribution in [1.29, 1.82) is 0 Å². The van der Waals surface area contributed by atoms with Crippen LogP contribution in [-0.4, -0.2) is 138 Å². The van der Waals surface area contributed by atoms with E-state index in [0.29, 0.717) is 53.2 Å². The highest BCUT2D eigenvalue weighted by atomic mass is 32.2. The van der Waals surface area contributed by atoms with Gasteiger partial charge in [-0.2, -0.15) is 17.0 Å². The van der Waals surface area contributed by atoms with Crippen molar-refractivity contribution in [3.8, 4) is 22.9 Å². The van der Waals surface area contributed by atoms with Crippen LogP contribution in [0.4, 0.5) is 9.93 Å². The number of carbonyl (C=O) groups is 4. The van der Waals surface area contributed by atoms with Crippen LogP contribution in [0.15, 0.2) is 41.8 Å². The van der Waals surface area contributed by atoms with Gasteiger partial charge in [-0.3, -0.25) is 9.59 Å². The van der Waals surface area contributed by atoms with Gasteiger partial charge in [0.15, 0.2) is 5.13 Å². The number of aliphatic carboxylic acids is 1. The Labute approximate surface area is 379 Å². The lowest BCUT2D eigenvalue weighted by molar-refractivity contribution is -0.144. The average molecular weight is 927 g/mol. The number of carbonyl (C=O) groups excluding carboxylic acids is 3. The molecule has 0 radical (unpaired) electrons. The fourth-order valence-electron chi connectivity index (χ4n) is 7.90. The van der Waals surface area contributed by atoms with Crippen LogP contribution >= 0.6 is 11.3 Å². The molecule has 20 heteroatoms. The van der Waals surface area contributed by atoms with E-state index < -0.39 is 69.8 Å². The fraction of sp³-hybridized carbons (Fsp3) is 0.591. The van der Waals surface area contributed by atoms with Crippen LogP contribution in [0.3, 0.4) is 0 Å². The Hall–Kier alpha value is -5.05. The van der Waals surface area contributed by atoms with Gasteiger partial charge in [-0.05, 0) is 58.1 Å². The molecule has 350 valence electrons. The van der Waals surface area contributed by atoms with E-state index in [-0.39, 0.29) is 44.9 Å². The number of pyridine rings is 1. The van der Waals surface area contributed by atoms with Crippen LogP contribution in [0.5, 0.6) is 11.5 Å². The summed E-state index contributed by atoms with van der Waals surface area (Å²) in [5.74, 6) is -1.41. The molecule has 3 aliphatic heterocycles. The number of thiazole rings is 1. The van der Waals surface area contributed by atoms with E-state index in [2.05, 4.69) is 16.0 Å². The number of rotatable bonds is 11. The number of hydrogen-bond donors (Lipinski definition) is 4. The molecule has 2 saturated heterocycles. The third kappa shape index (κ3) is 12.0. The van der Waals surface area contributed by atoms with Gasteiger partial charge in [0.05, 0.1) is 31.4 Å². The Morgan fingerprint density at radius 1 is 1.03 bits per heavy atom. The first-order valence-electron chi connectivity index (χ1n) is 21.9. The van der Waals surface area contributed by atoms with Gasteiger partial charge in [-0.1, -0.05) is 45.8 Å². The molecule has 0 bridgehead atoms. The van der Waals surface area contributed by atoms with E-state index in [1.54, 1.807) is 25.3 Å². The summed E-state index contributed by atoms with van der Waals surface area (Å²) in [6, 6.07) is 3.82. The Kier molecular flexibility index (Phi) is 15.8. The van der Waals surface area contributed by atoms with E-state index >= 15 is 0 Å². The molecule has 18 nitrogen and oxygen atoms in total. The highest BCUT2D eigenvalue weighted by Crippen LogP contribution is 2.36. The SMILES string of the molecule is COc1ccc2c(O[C@@H]3C[C@H]4C(=O)N[C@H](C(=O)O)CC/C=C\CCCCC[C@H](NC(=O)O[C@H](CN5CCN(C)S5(=O)=O)C(C)(C)C)C(=O)N4C3)cc(-c3csc(NC(C)C)n3)nc2c1. The second-order valence-electron chi connectivity index (χ2n) is 17.9. The number of likely N-dealkylation sites (N-methyl/N-ethyl adjacent to an activating group) is 1. The third-order valence-electron chi connectivity index (χ3n) is 11.6. The van der Waals surface area contributed by atoms with Crippen molar-refractivity contribution in [3.05, 3.63) is 41.8 Å². The number of nitrogens with one attached hydrogen (secondary N) is 3. The first-order chi connectivity index (χ1) is 30.3. The predicted molar refractivity (Wildman–Crippen MR) is 243 cm³/mol. The van der Waals surface area contributed by atoms with Crippen molar-refractivity contribution in [3.63, 3.8) is 0 Å². The fourth-order valence-corrected chi connectivity index (χ4v) is 10.1. The van der Waals surface area contributed by atoms with Gasteiger partial charge in [0.2, 0.25) is 11.8 Å². The average Bonchev–Trinajstić information content (AvgIpc) is 3.94. The van der Waals surface area contributed by atoms with E-state index in [0.717, 1.165) is 24.4 Å². The molecule has 2 aromatic heterocycles.